The highest BCUT2D eigenvalue weighted by Gasteiger charge is 2.37. The third-order valence-electron chi connectivity index (χ3n) is 7.72. The van der Waals surface area contributed by atoms with Crippen molar-refractivity contribution >= 4 is 20.9 Å². The summed E-state index contributed by atoms with van der Waals surface area (Å²) in [7, 11) is -1.97. The molecular formula is C27H40N6O5S. The van der Waals surface area contributed by atoms with Gasteiger partial charge in [-0.05, 0) is 51.8 Å². The highest BCUT2D eigenvalue weighted by Crippen LogP contribution is 2.33. The van der Waals surface area contributed by atoms with Gasteiger partial charge in [-0.25, -0.2) is 13.4 Å². The van der Waals surface area contributed by atoms with Crippen LogP contribution in [-0.4, -0.2) is 76.9 Å². The Kier molecular flexibility index (Phi) is 8.50. The molecule has 0 spiro atoms. The monoisotopic (exact) mass is 560 g/mol. The maximum atomic E-state index is 13.4. The number of H-pyrrole nitrogens is 1. The average molecular weight is 561 g/mol. The molecule has 0 atom stereocenters. The van der Waals surface area contributed by atoms with Gasteiger partial charge in [0.25, 0.3) is 5.56 Å². The second kappa shape index (κ2) is 11.4. The maximum Gasteiger partial charge on any atom is 0.277 e. The lowest BCUT2D eigenvalue weighted by molar-refractivity contribution is -0.930. The minimum atomic E-state index is -3.67. The van der Waals surface area contributed by atoms with Crippen molar-refractivity contribution in [3.63, 3.8) is 0 Å². The van der Waals surface area contributed by atoms with Gasteiger partial charge in [0.15, 0.2) is 15.4 Å². The molecule has 1 aromatic carbocycles. The van der Waals surface area contributed by atoms with Gasteiger partial charge in [0.05, 0.1) is 47.1 Å². The Labute approximate surface area is 229 Å². The van der Waals surface area contributed by atoms with Gasteiger partial charge in [-0.3, -0.25) is 9.48 Å². The molecule has 11 nitrogen and oxygen atoms in total. The van der Waals surface area contributed by atoms with Gasteiger partial charge in [0, 0.05) is 26.6 Å². The Bertz CT molecular complexity index is 1490. The van der Waals surface area contributed by atoms with Crippen molar-refractivity contribution in [2.24, 2.45) is 7.05 Å². The molecule has 0 aliphatic carbocycles. The summed E-state index contributed by atoms with van der Waals surface area (Å²) in [4.78, 5) is 20.6. The number of aryl methyl sites for hydroxylation is 2. The molecule has 214 valence electrons. The summed E-state index contributed by atoms with van der Waals surface area (Å²) < 4.78 is 33.8. The number of benzene rings is 1. The van der Waals surface area contributed by atoms with E-state index in [1.807, 2.05) is 27.7 Å². The molecular weight excluding hydrogens is 520 g/mol. The van der Waals surface area contributed by atoms with E-state index >= 15 is 0 Å². The number of rotatable bonds is 11. The molecule has 2 aromatic heterocycles. The van der Waals surface area contributed by atoms with E-state index in [2.05, 4.69) is 15.4 Å². The Morgan fingerprint density at radius 3 is 2.59 bits per heavy atom. The summed E-state index contributed by atoms with van der Waals surface area (Å²) in [5.41, 5.74) is 1.05. The molecule has 12 heteroatoms. The second-order valence-electron chi connectivity index (χ2n) is 10.8. The number of hydroxylamine groups is 3. The number of sulfone groups is 1. The van der Waals surface area contributed by atoms with Crippen molar-refractivity contribution < 1.29 is 17.8 Å². The van der Waals surface area contributed by atoms with Crippen molar-refractivity contribution in [1.82, 2.24) is 25.1 Å². The van der Waals surface area contributed by atoms with Crippen molar-refractivity contribution in [2.45, 2.75) is 63.8 Å². The van der Waals surface area contributed by atoms with E-state index < -0.39 is 15.4 Å². The number of quaternary nitrogens is 1. The maximum absolute atomic E-state index is 13.4. The van der Waals surface area contributed by atoms with Crippen LogP contribution in [0.3, 0.4) is 0 Å². The third kappa shape index (κ3) is 5.88. The highest BCUT2D eigenvalue weighted by molar-refractivity contribution is 7.91. The average Bonchev–Trinajstić information content (AvgIpc) is 3.20. The minimum absolute atomic E-state index is 0.0889. The van der Waals surface area contributed by atoms with E-state index in [1.165, 1.54) is 16.8 Å². The topological polar surface area (TPSA) is 142 Å². The van der Waals surface area contributed by atoms with Crippen molar-refractivity contribution in [2.75, 3.05) is 38.5 Å². The number of nitrogens with one attached hydrogen (secondary N) is 2. The molecule has 0 unspecified atom stereocenters. The Hall–Kier alpha value is -2.80. The fourth-order valence-corrected chi connectivity index (χ4v) is 6.66. The van der Waals surface area contributed by atoms with Crippen molar-refractivity contribution in [1.29, 1.82) is 0 Å². The molecule has 4 rings (SSSR count). The highest BCUT2D eigenvalue weighted by atomic mass is 32.2. The number of nitrogens with zero attached hydrogens (tertiary/aromatic N) is 4. The lowest BCUT2D eigenvalue weighted by atomic mass is 9.95. The van der Waals surface area contributed by atoms with Gasteiger partial charge in [-0.2, -0.15) is 5.10 Å². The van der Waals surface area contributed by atoms with Crippen LogP contribution in [0.25, 0.3) is 22.4 Å². The largest absolute Gasteiger partial charge is 0.632 e. The molecule has 0 amide bonds. The Morgan fingerprint density at radius 1 is 1.21 bits per heavy atom. The predicted octanol–water partition coefficient (Wildman–Crippen LogP) is 2.93. The molecule has 2 N–H and O–H groups in total. The summed E-state index contributed by atoms with van der Waals surface area (Å²) in [6.07, 6.45) is 2.36. The van der Waals surface area contributed by atoms with Gasteiger partial charge in [-0.15, -0.1) is 0 Å². The van der Waals surface area contributed by atoms with Crippen LogP contribution in [-0.2, 0) is 23.3 Å². The minimum Gasteiger partial charge on any atom is -0.632 e. The quantitative estimate of drug-likeness (QED) is 0.269. The number of aromatic nitrogens is 4. The van der Waals surface area contributed by atoms with E-state index in [9.17, 15) is 18.4 Å². The molecule has 0 saturated carbocycles. The summed E-state index contributed by atoms with van der Waals surface area (Å²) in [5, 5.41) is 21.0. The second-order valence-corrected chi connectivity index (χ2v) is 13.0. The van der Waals surface area contributed by atoms with Gasteiger partial charge < -0.3 is 24.9 Å². The number of piperazine rings is 1. The van der Waals surface area contributed by atoms with Crippen LogP contribution >= 0.6 is 0 Å². The van der Waals surface area contributed by atoms with E-state index in [0.29, 0.717) is 74.4 Å². The zero-order valence-electron chi connectivity index (χ0n) is 23.5. The van der Waals surface area contributed by atoms with Crippen LogP contribution in [0.5, 0.6) is 5.75 Å². The summed E-state index contributed by atoms with van der Waals surface area (Å²) in [5.74, 6) is 0.572. The fraction of sp³-hybridized carbons (Fsp3) is 0.593. The van der Waals surface area contributed by atoms with E-state index in [0.717, 1.165) is 12.1 Å². The number of aromatic amines is 1. The first-order valence-corrected chi connectivity index (χ1v) is 15.3. The summed E-state index contributed by atoms with van der Waals surface area (Å²) >= 11 is 0. The third-order valence-corrected chi connectivity index (χ3v) is 9.52. The molecule has 1 aliphatic rings. The zero-order valence-corrected chi connectivity index (χ0v) is 24.4. The van der Waals surface area contributed by atoms with Crippen LogP contribution in [0.4, 0.5) is 0 Å². The number of hydrogen-bond donors (Lipinski definition) is 2. The van der Waals surface area contributed by atoms with Gasteiger partial charge in [0.2, 0.25) is 0 Å². The lowest BCUT2D eigenvalue weighted by Gasteiger charge is -2.56. The SMILES string of the molecule is CCCc1nn(C)c2c(=O)[nH]c(-c3cc(S(=O)(=O)CCCC(C)(C)[N+]4([O-])CCNCC4)ccc3OCC)nc12. The standard InChI is InChI=1S/C27H40N6O5S/c1-6-9-21-23-24(32(5)31-21)26(34)30-25(29-23)20-18-19(10-11-22(20)38-7-2)39(36,37)17-8-12-27(3,4)33(35)15-13-28-14-16-33/h10-11,18,28H,6-9,12-17H2,1-5H3,(H,29,30,34). The van der Waals surface area contributed by atoms with E-state index in [4.69, 9.17) is 9.72 Å². The molecule has 1 aliphatic heterocycles. The zero-order chi connectivity index (χ0) is 28.4. The van der Waals surface area contributed by atoms with Gasteiger partial charge >= 0.3 is 0 Å². The molecule has 1 saturated heterocycles. The van der Waals surface area contributed by atoms with E-state index in [-0.39, 0.29) is 26.7 Å². The molecule has 39 heavy (non-hydrogen) atoms. The Balaban J connectivity index is 1.65. The van der Waals surface area contributed by atoms with Crippen molar-refractivity contribution in [3.8, 4) is 17.1 Å². The van der Waals surface area contributed by atoms with Gasteiger partial charge in [0.1, 0.15) is 17.1 Å². The van der Waals surface area contributed by atoms with Crippen LogP contribution < -0.4 is 15.6 Å². The normalized spacial score (nSPS) is 16.1. The molecule has 3 heterocycles. The molecule has 3 aromatic rings. The molecule has 0 radical (unpaired) electrons. The van der Waals surface area contributed by atoms with Crippen LogP contribution in [0.15, 0.2) is 27.9 Å². The first-order valence-electron chi connectivity index (χ1n) is 13.7. The van der Waals surface area contributed by atoms with Crippen LogP contribution in [0.1, 0.15) is 52.7 Å². The van der Waals surface area contributed by atoms with Crippen LogP contribution in [0, 0.1) is 5.21 Å². The summed E-state index contributed by atoms with van der Waals surface area (Å²) in [6, 6.07) is 4.65. The number of ether oxygens (including phenoxy) is 1. The van der Waals surface area contributed by atoms with E-state index in [1.54, 1.807) is 13.1 Å². The first-order chi connectivity index (χ1) is 18.4. The molecule has 0 bridgehead atoms. The summed E-state index contributed by atoms with van der Waals surface area (Å²) in [6.45, 7) is 10.4. The van der Waals surface area contributed by atoms with Gasteiger partial charge in [-0.1, -0.05) is 13.3 Å². The number of hydrogen-bond acceptors (Lipinski definition) is 8. The van der Waals surface area contributed by atoms with Crippen LogP contribution in [0.2, 0.25) is 0 Å². The predicted molar refractivity (Wildman–Crippen MR) is 151 cm³/mol. The smallest absolute Gasteiger partial charge is 0.277 e. The first kappa shape index (κ1) is 29.2. The Morgan fingerprint density at radius 2 is 1.92 bits per heavy atom. The number of fused-ring (bicyclic) bond motifs is 1. The van der Waals surface area contributed by atoms with Crippen molar-refractivity contribution in [3.05, 3.63) is 39.5 Å². The fourth-order valence-electron chi connectivity index (χ4n) is 5.33. The molecule has 1 fully saturated rings. The lowest BCUT2D eigenvalue weighted by Crippen LogP contribution is -2.64.